The van der Waals surface area contributed by atoms with Crippen molar-refractivity contribution in [3.63, 3.8) is 0 Å². The monoisotopic (exact) mass is 269 g/mol. The number of hydrogen-bond acceptors (Lipinski definition) is 4. The molecule has 3 aromatic rings. The normalized spacial score (nSPS) is 10.7. The van der Waals surface area contributed by atoms with E-state index in [9.17, 15) is 4.39 Å². The summed E-state index contributed by atoms with van der Waals surface area (Å²) in [6.07, 6.45) is 0. The molecule has 0 fully saturated rings. The predicted molar refractivity (Wildman–Crippen MR) is 74.3 cm³/mol. The Hall–Kier alpha value is -2.69. The van der Waals surface area contributed by atoms with Crippen molar-refractivity contribution in [3.05, 3.63) is 53.8 Å². The first-order valence-corrected chi connectivity index (χ1v) is 6.11. The second-order valence-electron chi connectivity index (χ2n) is 4.44. The van der Waals surface area contributed by atoms with E-state index in [2.05, 4.69) is 10.1 Å². The third-order valence-corrected chi connectivity index (χ3v) is 3.10. The minimum Gasteiger partial charge on any atom is -0.396 e. The number of aryl methyl sites for hydroxylation is 1. The highest BCUT2D eigenvalue weighted by atomic mass is 19.1. The quantitative estimate of drug-likeness (QED) is 0.724. The van der Waals surface area contributed by atoms with E-state index in [0.29, 0.717) is 11.4 Å². The highest BCUT2D eigenvalue weighted by Crippen LogP contribution is 2.29. The van der Waals surface area contributed by atoms with Gasteiger partial charge in [0.2, 0.25) is 5.82 Å². The predicted octanol–water partition coefficient (Wildman–Crippen LogP) is 3.43. The third kappa shape index (κ3) is 2.03. The Bertz CT molecular complexity index is 767. The van der Waals surface area contributed by atoms with Gasteiger partial charge in [-0.1, -0.05) is 35.5 Å². The van der Waals surface area contributed by atoms with Crippen molar-refractivity contribution in [2.24, 2.45) is 0 Å². The van der Waals surface area contributed by atoms with Crippen LogP contribution in [-0.4, -0.2) is 10.1 Å². The molecule has 20 heavy (non-hydrogen) atoms. The van der Waals surface area contributed by atoms with Crippen LogP contribution in [-0.2, 0) is 0 Å². The van der Waals surface area contributed by atoms with Gasteiger partial charge < -0.3 is 10.3 Å². The molecule has 5 heteroatoms. The summed E-state index contributed by atoms with van der Waals surface area (Å²) in [7, 11) is 0. The molecule has 0 amide bonds. The minimum absolute atomic E-state index is 0.00693. The van der Waals surface area contributed by atoms with Crippen LogP contribution in [0.25, 0.3) is 22.8 Å². The van der Waals surface area contributed by atoms with Crippen LogP contribution in [0.2, 0.25) is 0 Å². The summed E-state index contributed by atoms with van der Waals surface area (Å²) in [6.45, 7) is 1.96. The Morgan fingerprint density at radius 2 is 1.80 bits per heavy atom. The van der Waals surface area contributed by atoms with Crippen molar-refractivity contribution < 1.29 is 8.91 Å². The lowest BCUT2D eigenvalue weighted by molar-refractivity contribution is 0.432. The van der Waals surface area contributed by atoms with E-state index in [1.165, 1.54) is 6.07 Å². The second kappa shape index (κ2) is 4.77. The van der Waals surface area contributed by atoms with Crippen LogP contribution in [0.5, 0.6) is 0 Å². The van der Waals surface area contributed by atoms with E-state index in [4.69, 9.17) is 10.3 Å². The molecule has 0 aliphatic heterocycles. The number of para-hydroxylation sites is 1. The second-order valence-corrected chi connectivity index (χ2v) is 4.44. The maximum Gasteiger partial charge on any atom is 0.260 e. The van der Waals surface area contributed by atoms with Crippen LogP contribution >= 0.6 is 0 Å². The van der Waals surface area contributed by atoms with Crippen LogP contribution < -0.4 is 5.73 Å². The van der Waals surface area contributed by atoms with Crippen molar-refractivity contribution in [1.29, 1.82) is 0 Å². The average Bonchev–Trinajstić information content (AvgIpc) is 2.92. The molecule has 0 saturated carbocycles. The van der Waals surface area contributed by atoms with Crippen LogP contribution in [0.1, 0.15) is 5.56 Å². The summed E-state index contributed by atoms with van der Waals surface area (Å²) in [5.41, 5.74) is 8.00. The van der Waals surface area contributed by atoms with Crippen molar-refractivity contribution in [2.45, 2.75) is 6.92 Å². The summed E-state index contributed by atoms with van der Waals surface area (Å²) in [6, 6.07) is 12.2. The van der Waals surface area contributed by atoms with Crippen LogP contribution in [0.15, 0.2) is 47.0 Å². The van der Waals surface area contributed by atoms with Crippen molar-refractivity contribution >= 4 is 5.69 Å². The Labute approximate surface area is 115 Å². The zero-order valence-corrected chi connectivity index (χ0v) is 10.8. The van der Waals surface area contributed by atoms with Gasteiger partial charge in [-0.3, -0.25) is 0 Å². The van der Waals surface area contributed by atoms with Crippen molar-refractivity contribution in [1.82, 2.24) is 10.1 Å². The molecule has 0 saturated heterocycles. The molecule has 0 unspecified atom stereocenters. The molecule has 0 spiro atoms. The molecule has 100 valence electrons. The topological polar surface area (TPSA) is 64.9 Å². The highest BCUT2D eigenvalue weighted by Gasteiger charge is 2.15. The van der Waals surface area contributed by atoms with Crippen molar-refractivity contribution in [2.75, 3.05) is 5.73 Å². The van der Waals surface area contributed by atoms with Gasteiger partial charge in [-0.25, -0.2) is 4.39 Å². The number of nitrogen functional groups attached to an aromatic ring is 1. The number of hydrogen-bond donors (Lipinski definition) is 1. The molecule has 1 heterocycles. The summed E-state index contributed by atoms with van der Waals surface area (Å²) in [5, 5.41) is 3.93. The van der Waals surface area contributed by atoms with E-state index < -0.39 is 5.82 Å². The van der Waals surface area contributed by atoms with Crippen LogP contribution in [0.3, 0.4) is 0 Å². The van der Waals surface area contributed by atoms with Gasteiger partial charge >= 0.3 is 0 Å². The van der Waals surface area contributed by atoms with Gasteiger partial charge in [0, 0.05) is 5.56 Å². The summed E-state index contributed by atoms with van der Waals surface area (Å²) >= 11 is 0. The SMILES string of the molecule is Cc1ccccc1-c1noc(-c2cccc(F)c2N)n1. The molecule has 0 atom stereocenters. The number of halogens is 1. The first-order valence-electron chi connectivity index (χ1n) is 6.11. The zero-order valence-electron chi connectivity index (χ0n) is 10.8. The number of anilines is 1. The lowest BCUT2D eigenvalue weighted by Gasteiger charge is -2.00. The Morgan fingerprint density at radius 3 is 2.60 bits per heavy atom. The van der Waals surface area contributed by atoms with Gasteiger partial charge in [-0.2, -0.15) is 4.98 Å². The Morgan fingerprint density at radius 1 is 1.05 bits per heavy atom. The average molecular weight is 269 g/mol. The lowest BCUT2D eigenvalue weighted by atomic mass is 10.1. The maximum absolute atomic E-state index is 13.4. The summed E-state index contributed by atoms with van der Waals surface area (Å²) in [4.78, 5) is 4.29. The molecule has 0 aliphatic carbocycles. The molecule has 1 aromatic heterocycles. The van der Waals surface area contributed by atoms with Crippen LogP contribution in [0, 0.1) is 12.7 Å². The van der Waals surface area contributed by atoms with Gasteiger partial charge in [-0.15, -0.1) is 0 Å². The third-order valence-electron chi connectivity index (χ3n) is 3.10. The molecular weight excluding hydrogens is 257 g/mol. The molecule has 2 N–H and O–H groups in total. The standard InChI is InChI=1S/C15H12FN3O/c1-9-5-2-3-6-10(9)14-18-15(20-19-14)11-7-4-8-12(16)13(11)17/h2-8H,17H2,1H3. The van der Waals surface area contributed by atoms with Crippen molar-refractivity contribution in [3.8, 4) is 22.8 Å². The molecule has 2 aromatic carbocycles. The fourth-order valence-corrected chi connectivity index (χ4v) is 1.99. The van der Waals surface area contributed by atoms with Gasteiger partial charge in [0.05, 0.1) is 11.3 Å². The number of nitrogens with zero attached hydrogens (tertiary/aromatic N) is 2. The maximum atomic E-state index is 13.4. The van der Waals surface area contributed by atoms with Crippen LogP contribution in [0.4, 0.5) is 10.1 Å². The zero-order chi connectivity index (χ0) is 14.1. The lowest BCUT2D eigenvalue weighted by Crippen LogP contribution is -1.94. The minimum atomic E-state index is -0.502. The van der Waals surface area contributed by atoms with Gasteiger partial charge in [0.1, 0.15) is 5.82 Å². The van der Waals surface area contributed by atoms with E-state index in [0.717, 1.165) is 11.1 Å². The van der Waals surface area contributed by atoms with Gasteiger partial charge in [-0.05, 0) is 24.6 Å². The number of aromatic nitrogens is 2. The smallest absolute Gasteiger partial charge is 0.260 e. The van der Waals surface area contributed by atoms with E-state index in [1.807, 2.05) is 31.2 Å². The first-order chi connectivity index (χ1) is 9.66. The number of nitrogens with two attached hydrogens (primary N) is 1. The number of rotatable bonds is 2. The molecule has 3 rings (SSSR count). The van der Waals surface area contributed by atoms with Gasteiger partial charge in [0.15, 0.2) is 0 Å². The Balaban J connectivity index is 2.07. The fourth-order valence-electron chi connectivity index (χ4n) is 1.99. The van der Waals surface area contributed by atoms with E-state index >= 15 is 0 Å². The molecule has 4 nitrogen and oxygen atoms in total. The van der Waals surface area contributed by atoms with E-state index in [-0.39, 0.29) is 11.6 Å². The molecular formula is C15H12FN3O. The largest absolute Gasteiger partial charge is 0.396 e. The molecule has 0 aliphatic rings. The molecule has 0 bridgehead atoms. The number of benzene rings is 2. The summed E-state index contributed by atoms with van der Waals surface area (Å²) in [5.74, 6) is 0.167. The highest BCUT2D eigenvalue weighted by molar-refractivity contribution is 5.72. The Kier molecular flexibility index (Phi) is 2.95. The molecule has 0 radical (unpaired) electrons. The summed E-state index contributed by atoms with van der Waals surface area (Å²) < 4.78 is 18.6. The fraction of sp³-hybridized carbons (Fsp3) is 0.0667. The van der Waals surface area contributed by atoms with E-state index in [1.54, 1.807) is 12.1 Å². The first kappa shape index (κ1) is 12.3. The van der Waals surface area contributed by atoms with Gasteiger partial charge in [0.25, 0.3) is 5.89 Å².